The van der Waals surface area contributed by atoms with Crippen molar-refractivity contribution in [1.82, 2.24) is 9.88 Å². The number of urea groups is 1. The van der Waals surface area contributed by atoms with Crippen molar-refractivity contribution in [3.8, 4) is 0 Å². The second-order valence-corrected chi connectivity index (χ2v) is 7.77. The van der Waals surface area contributed by atoms with Gasteiger partial charge in [-0.2, -0.15) is 0 Å². The maximum Gasteiger partial charge on any atom is 0.322 e. The molecule has 1 atom stereocenters. The summed E-state index contributed by atoms with van der Waals surface area (Å²) in [7, 11) is 0. The van der Waals surface area contributed by atoms with Gasteiger partial charge in [0.05, 0.1) is 18.2 Å². The first kappa shape index (κ1) is 19.7. The van der Waals surface area contributed by atoms with E-state index >= 15 is 0 Å². The highest BCUT2D eigenvalue weighted by atomic mass is 35.5. The Morgan fingerprint density at radius 2 is 2.07 bits per heavy atom. The molecule has 1 fully saturated rings. The average Bonchev–Trinajstić information content (AvgIpc) is 2.75. The van der Waals surface area contributed by atoms with Crippen LogP contribution in [-0.2, 0) is 4.74 Å². The fourth-order valence-electron chi connectivity index (χ4n) is 3.81. The van der Waals surface area contributed by atoms with Gasteiger partial charge in [0.1, 0.15) is 5.82 Å². The summed E-state index contributed by atoms with van der Waals surface area (Å²) in [5.74, 6) is 0.777. The molecule has 1 aromatic carbocycles. The van der Waals surface area contributed by atoms with Crippen molar-refractivity contribution in [2.24, 2.45) is 0 Å². The predicted octanol–water partition coefficient (Wildman–Crippen LogP) is 4.28. The van der Waals surface area contributed by atoms with Gasteiger partial charge in [-0.3, -0.25) is 0 Å². The van der Waals surface area contributed by atoms with Crippen LogP contribution in [0.5, 0.6) is 0 Å². The summed E-state index contributed by atoms with van der Waals surface area (Å²) in [5.41, 5.74) is 3.28. The zero-order chi connectivity index (χ0) is 20.2. The van der Waals surface area contributed by atoms with E-state index in [0.717, 1.165) is 24.5 Å². The lowest BCUT2D eigenvalue weighted by molar-refractivity contribution is 0.161. The molecular weight excluding hydrogens is 388 g/mol. The lowest BCUT2D eigenvalue weighted by Crippen LogP contribution is -2.55. The van der Waals surface area contributed by atoms with Crippen LogP contribution in [0, 0.1) is 0 Å². The van der Waals surface area contributed by atoms with Gasteiger partial charge in [-0.1, -0.05) is 29.8 Å². The third kappa shape index (κ3) is 4.54. The highest BCUT2D eigenvalue weighted by Gasteiger charge is 2.28. The summed E-state index contributed by atoms with van der Waals surface area (Å²) in [4.78, 5) is 21.2. The van der Waals surface area contributed by atoms with Crippen molar-refractivity contribution in [2.75, 3.05) is 43.1 Å². The molecule has 1 unspecified atom stereocenters. The van der Waals surface area contributed by atoms with Gasteiger partial charge >= 0.3 is 6.03 Å². The minimum absolute atomic E-state index is 0.0495. The van der Waals surface area contributed by atoms with Crippen LogP contribution in [0.4, 0.5) is 16.3 Å². The molecule has 2 aliphatic heterocycles. The van der Waals surface area contributed by atoms with Crippen molar-refractivity contribution < 1.29 is 9.53 Å². The molecule has 2 amide bonds. The number of carbonyl (C=O) groups is 1. The first-order chi connectivity index (χ1) is 14.1. The Balaban J connectivity index is 1.36. The second kappa shape index (κ2) is 8.84. The van der Waals surface area contributed by atoms with Gasteiger partial charge in [-0.15, -0.1) is 0 Å². The van der Waals surface area contributed by atoms with E-state index < -0.39 is 0 Å². The van der Waals surface area contributed by atoms with Crippen molar-refractivity contribution in [3.63, 3.8) is 0 Å². The molecule has 1 aromatic heterocycles. The standard InChI is InChI=1S/C22H25ClN4O2/c1-16-15-26(21-20(23)3-2-10-24-21)11-12-27(16)22(28)25-19-6-4-17(5-7-19)18-8-13-29-14-9-18/h2-8,10,16H,9,11-15H2,1H3,(H,25,28). The summed E-state index contributed by atoms with van der Waals surface area (Å²) in [6.45, 7) is 5.48. The Morgan fingerprint density at radius 1 is 1.24 bits per heavy atom. The minimum Gasteiger partial charge on any atom is -0.377 e. The van der Waals surface area contributed by atoms with E-state index in [1.807, 2.05) is 36.1 Å². The molecule has 152 valence electrons. The van der Waals surface area contributed by atoms with Crippen molar-refractivity contribution in [1.29, 1.82) is 0 Å². The lowest BCUT2D eigenvalue weighted by Gasteiger charge is -2.40. The first-order valence-electron chi connectivity index (χ1n) is 9.92. The number of ether oxygens (including phenoxy) is 1. The highest BCUT2D eigenvalue weighted by Crippen LogP contribution is 2.26. The number of anilines is 2. The first-order valence-corrected chi connectivity index (χ1v) is 10.3. The average molecular weight is 413 g/mol. The number of benzene rings is 1. The van der Waals surface area contributed by atoms with E-state index in [9.17, 15) is 4.79 Å². The summed E-state index contributed by atoms with van der Waals surface area (Å²) < 4.78 is 5.36. The van der Waals surface area contributed by atoms with Crippen molar-refractivity contribution in [2.45, 2.75) is 19.4 Å². The Morgan fingerprint density at radius 3 is 2.76 bits per heavy atom. The van der Waals surface area contributed by atoms with Crippen LogP contribution in [-0.4, -0.2) is 54.8 Å². The molecule has 4 rings (SSSR count). The molecule has 7 heteroatoms. The number of rotatable bonds is 3. The van der Waals surface area contributed by atoms with Gasteiger partial charge in [0, 0.05) is 37.6 Å². The van der Waals surface area contributed by atoms with Crippen LogP contribution in [0.3, 0.4) is 0 Å². The molecule has 0 saturated carbocycles. The monoisotopic (exact) mass is 412 g/mol. The zero-order valence-corrected chi connectivity index (χ0v) is 17.2. The van der Waals surface area contributed by atoms with Gasteiger partial charge in [-0.25, -0.2) is 9.78 Å². The number of nitrogens with one attached hydrogen (secondary N) is 1. The number of carbonyl (C=O) groups excluding carboxylic acids is 1. The zero-order valence-electron chi connectivity index (χ0n) is 16.5. The van der Waals surface area contributed by atoms with Crippen molar-refractivity contribution >= 4 is 34.7 Å². The van der Waals surface area contributed by atoms with Crippen LogP contribution in [0.1, 0.15) is 18.9 Å². The van der Waals surface area contributed by atoms with Gasteiger partial charge < -0.3 is 19.9 Å². The van der Waals surface area contributed by atoms with Gasteiger partial charge in [0.15, 0.2) is 0 Å². The molecule has 3 heterocycles. The van der Waals surface area contributed by atoms with Crippen LogP contribution < -0.4 is 10.2 Å². The number of amides is 2. The number of halogens is 1. The fraction of sp³-hybridized carbons (Fsp3) is 0.364. The second-order valence-electron chi connectivity index (χ2n) is 7.36. The summed E-state index contributed by atoms with van der Waals surface area (Å²) in [6, 6.07) is 11.7. The molecule has 0 radical (unpaired) electrons. The predicted molar refractivity (Wildman–Crippen MR) is 117 cm³/mol. The van der Waals surface area contributed by atoms with Gasteiger partial charge in [-0.05, 0) is 48.7 Å². The largest absolute Gasteiger partial charge is 0.377 e. The minimum atomic E-state index is -0.0812. The maximum atomic E-state index is 12.8. The molecular formula is C22H25ClN4O2. The molecule has 6 nitrogen and oxygen atoms in total. The van der Waals surface area contributed by atoms with E-state index in [2.05, 4.69) is 33.4 Å². The quantitative estimate of drug-likeness (QED) is 0.817. The van der Waals surface area contributed by atoms with E-state index in [1.54, 1.807) is 6.20 Å². The van der Waals surface area contributed by atoms with E-state index in [0.29, 0.717) is 31.3 Å². The van der Waals surface area contributed by atoms with Gasteiger partial charge in [0.2, 0.25) is 0 Å². The third-order valence-electron chi connectivity index (χ3n) is 5.40. The van der Waals surface area contributed by atoms with Crippen LogP contribution >= 0.6 is 11.6 Å². The maximum absolute atomic E-state index is 12.8. The molecule has 0 bridgehead atoms. The topological polar surface area (TPSA) is 57.7 Å². The molecule has 2 aliphatic rings. The molecule has 1 saturated heterocycles. The highest BCUT2D eigenvalue weighted by molar-refractivity contribution is 6.32. The summed E-state index contributed by atoms with van der Waals surface area (Å²) in [5, 5.41) is 3.66. The van der Waals surface area contributed by atoms with Crippen LogP contribution in [0.25, 0.3) is 5.57 Å². The van der Waals surface area contributed by atoms with Crippen molar-refractivity contribution in [3.05, 3.63) is 59.3 Å². The number of nitrogens with zero attached hydrogens (tertiary/aromatic N) is 3. The number of hydrogen-bond donors (Lipinski definition) is 1. The Bertz CT molecular complexity index is 900. The molecule has 0 spiro atoms. The normalized spacial score (nSPS) is 19.7. The summed E-state index contributed by atoms with van der Waals surface area (Å²) >= 11 is 6.27. The Labute approximate surface area is 176 Å². The number of piperazine rings is 1. The third-order valence-corrected chi connectivity index (χ3v) is 5.69. The van der Waals surface area contributed by atoms with Gasteiger partial charge in [0.25, 0.3) is 0 Å². The Kier molecular flexibility index (Phi) is 6.02. The molecule has 0 aliphatic carbocycles. The van der Waals surface area contributed by atoms with E-state index in [-0.39, 0.29) is 12.1 Å². The smallest absolute Gasteiger partial charge is 0.322 e. The van der Waals surface area contributed by atoms with Crippen LogP contribution in [0.15, 0.2) is 48.7 Å². The lowest BCUT2D eigenvalue weighted by atomic mass is 10.0. The summed E-state index contributed by atoms with van der Waals surface area (Å²) in [6.07, 6.45) is 4.78. The Hall–Kier alpha value is -2.57. The SMILES string of the molecule is CC1CN(c2ncccc2Cl)CCN1C(=O)Nc1ccc(C2=CCOCC2)cc1. The van der Waals surface area contributed by atoms with E-state index in [4.69, 9.17) is 16.3 Å². The number of hydrogen-bond acceptors (Lipinski definition) is 4. The van der Waals surface area contributed by atoms with Crippen LogP contribution in [0.2, 0.25) is 5.02 Å². The van der Waals surface area contributed by atoms with E-state index in [1.165, 1.54) is 11.1 Å². The fourth-order valence-corrected chi connectivity index (χ4v) is 4.05. The molecule has 2 aromatic rings. The molecule has 29 heavy (non-hydrogen) atoms. The number of pyridine rings is 1. The molecule has 1 N–H and O–H groups in total. The number of aromatic nitrogens is 1.